The van der Waals surface area contributed by atoms with Crippen molar-refractivity contribution in [3.05, 3.63) is 42.0 Å². The van der Waals surface area contributed by atoms with Crippen LogP contribution in [0, 0.1) is 0 Å². The molecule has 18 heavy (non-hydrogen) atoms. The molecule has 0 fully saturated rings. The average molecular weight is 244 g/mol. The van der Waals surface area contributed by atoms with Crippen LogP contribution in [0.2, 0.25) is 0 Å². The second-order valence-electron chi connectivity index (χ2n) is 5.00. The van der Waals surface area contributed by atoms with E-state index >= 15 is 0 Å². The molecule has 2 heteroatoms. The molecule has 2 N–H and O–H groups in total. The van der Waals surface area contributed by atoms with E-state index in [2.05, 4.69) is 41.3 Å². The van der Waals surface area contributed by atoms with Gasteiger partial charge < -0.3 is 5.73 Å². The highest BCUT2D eigenvalue weighted by atomic mass is 15.1. The van der Waals surface area contributed by atoms with Crippen molar-refractivity contribution in [1.29, 1.82) is 0 Å². The third-order valence-corrected chi connectivity index (χ3v) is 3.62. The fourth-order valence-corrected chi connectivity index (χ4v) is 2.49. The molecule has 98 valence electrons. The van der Waals surface area contributed by atoms with Crippen molar-refractivity contribution < 1.29 is 0 Å². The Kier molecular flexibility index (Phi) is 5.43. The minimum atomic E-state index is 0.831. The summed E-state index contributed by atoms with van der Waals surface area (Å²) in [4.78, 5) is 2.54. The van der Waals surface area contributed by atoms with Crippen molar-refractivity contribution in [2.75, 3.05) is 26.2 Å². The van der Waals surface area contributed by atoms with E-state index in [1.165, 1.54) is 49.9 Å². The van der Waals surface area contributed by atoms with Gasteiger partial charge in [0.1, 0.15) is 0 Å². The second kappa shape index (κ2) is 7.34. The first-order chi connectivity index (χ1) is 8.90. The highest BCUT2D eigenvalue weighted by molar-refractivity contribution is 5.66. The Balaban J connectivity index is 1.78. The zero-order valence-electron chi connectivity index (χ0n) is 11.1. The van der Waals surface area contributed by atoms with E-state index in [0.29, 0.717) is 0 Å². The predicted molar refractivity (Wildman–Crippen MR) is 78.4 cm³/mol. The van der Waals surface area contributed by atoms with Crippen molar-refractivity contribution in [2.45, 2.75) is 25.7 Å². The molecule has 0 unspecified atom stereocenters. The highest BCUT2D eigenvalue weighted by Gasteiger charge is 2.11. The van der Waals surface area contributed by atoms with E-state index in [-0.39, 0.29) is 0 Å². The fraction of sp³-hybridized carbons (Fsp3) is 0.500. The van der Waals surface area contributed by atoms with E-state index in [4.69, 9.17) is 5.73 Å². The molecule has 0 aliphatic carbocycles. The Morgan fingerprint density at radius 2 is 1.89 bits per heavy atom. The topological polar surface area (TPSA) is 29.3 Å². The molecule has 0 radical (unpaired) electrons. The van der Waals surface area contributed by atoms with Gasteiger partial charge in [-0.3, -0.25) is 4.90 Å². The lowest BCUT2D eigenvalue weighted by Gasteiger charge is -2.26. The number of unbranched alkanes of at least 4 members (excludes halogenated alkanes) is 2. The van der Waals surface area contributed by atoms with Crippen molar-refractivity contribution >= 4 is 5.57 Å². The van der Waals surface area contributed by atoms with Crippen LogP contribution in [0.5, 0.6) is 0 Å². The molecule has 1 aromatic carbocycles. The van der Waals surface area contributed by atoms with Gasteiger partial charge in [0, 0.05) is 13.1 Å². The van der Waals surface area contributed by atoms with Crippen molar-refractivity contribution in [3.63, 3.8) is 0 Å². The first kappa shape index (κ1) is 13.3. The number of nitrogens with two attached hydrogens (primary N) is 1. The Morgan fingerprint density at radius 3 is 2.56 bits per heavy atom. The first-order valence-electron chi connectivity index (χ1n) is 7.07. The number of rotatable bonds is 6. The average Bonchev–Trinajstić information content (AvgIpc) is 2.45. The molecule has 2 nitrogen and oxygen atoms in total. The van der Waals surface area contributed by atoms with Crippen LogP contribution in [0.3, 0.4) is 0 Å². The van der Waals surface area contributed by atoms with Gasteiger partial charge in [-0.15, -0.1) is 0 Å². The van der Waals surface area contributed by atoms with Crippen LogP contribution >= 0.6 is 0 Å². The van der Waals surface area contributed by atoms with Crippen LogP contribution in [0.4, 0.5) is 0 Å². The smallest absolute Gasteiger partial charge is 0.0169 e. The third-order valence-electron chi connectivity index (χ3n) is 3.62. The zero-order valence-corrected chi connectivity index (χ0v) is 11.1. The summed E-state index contributed by atoms with van der Waals surface area (Å²) in [5, 5.41) is 0. The maximum Gasteiger partial charge on any atom is 0.0169 e. The van der Waals surface area contributed by atoms with Crippen molar-refractivity contribution in [2.24, 2.45) is 5.73 Å². The van der Waals surface area contributed by atoms with Crippen LogP contribution in [-0.4, -0.2) is 31.1 Å². The lowest BCUT2D eigenvalue weighted by Crippen LogP contribution is -2.29. The summed E-state index contributed by atoms with van der Waals surface area (Å²) < 4.78 is 0. The lowest BCUT2D eigenvalue weighted by molar-refractivity contribution is 0.294. The maximum atomic E-state index is 5.51. The Bertz CT molecular complexity index is 370. The van der Waals surface area contributed by atoms with Gasteiger partial charge in [0.15, 0.2) is 0 Å². The maximum absolute atomic E-state index is 5.51. The quantitative estimate of drug-likeness (QED) is 0.780. The minimum Gasteiger partial charge on any atom is -0.330 e. The molecular formula is C16H24N2. The van der Waals surface area contributed by atoms with Gasteiger partial charge in [-0.2, -0.15) is 0 Å². The van der Waals surface area contributed by atoms with E-state index < -0.39 is 0 Å². The van der Waals surface area contributed by atoms with Crippen molar-refractivity contribution in [1.82, 2.24) is 4.90 Å². The molecule has 0 saturated heterocycles. The van der Waals surface area contributed by atoms with Gasteiger partial charge in [0.25, 0.3) is 0 Å². The van der Waals surface area contributed by atoms with Gasteiger partial charge in [-0.25, -0.2) is 0 Å². The third kappa shape index (κ3) is 3.97. The summed E-state index contributed by atoms with van der Waals surface area (Å²) in [6.45, 7) is 4.35. The van der Waals surface area contributed by atoms with Crippen LogP contribution in [0.25, 0.3) is 5.57 Å². The lowest BCUT2D eigenvalue weighted by atomic mass is 9.99. The molecule has 1 aliphatic rings. The standard InChI is InChI=1S/C16H24N2/c17-11-5-2-6-12-18-13-9-16(10-14-18)15-7-3-1-4-8-15/h1,3-4,7-9H,2,5-6,10-14,17H2. The Labute approximate surface area is 110 Å². The second-order valence-corrected chi connectivity index (χ2v) is 5.00. The van der Waals surface area contributed by atoms with Gasteiger partial charge in [0.2, 0.25) is 0 Å². The van der Waals surface area contributed by atoms with Crippen LogP contribution in [-0.2, 0) is 0 Å². The van der Waals surface area contributed by atoms with Gasteiger partial charge in [0.05, 0.1) is 0 Å². The molecule has 0 spiro atoms. The summed E-state index contributed by atoms with van der Waals surface area (Å²) in [7, 11) is 0. The minimum absolute atomic E-state index is 0.831. The summed E-state index contributed by atoms with van der Waals surface area (Å²) in [5.74, 6) is 0. The normalized spacial score (nSPS) is 16.6. The van der Waals surface area contributed by atoms with Gasteiger partial charge in [-0.05, 0) is 43.5 Å². The summed E-state index contributed by atoms with van der Waals surface area (Å²) in [5.41, 5.74) is 8.40. The summed E-state index contributed by atoms with van der Waals surface area (Å²) in [6, 6.07) is 10.7. The van der Waals surface area contributed by atoms with Crippen molar-refractivity contribution in [3.8, 4) is 0 Å². The molecular weight excluding hydrogens is 220 g/mol. The van der Waals surface area contributed by atoms with Crippen LogP contribution in [0.1, 0.15) is 31.2 Å². The van der Waals surface area contributed by atoms with E-state index in [9.17, 15) is 0 Å². The highest BCUT2D eigenvalue weighted by Crippen LogP contribution is 2.21. The number of nitrogens with zero attached hydrogens (tertiary/aromatic N) is 1. The number of benzene rings is 1. The Morgan fingerprint density at radius 1 is 1.06 bits per heavy atom. The van der Waals surface area contributed by atoms with Crippen LogP contribution in [0.15, 0.2) is 36.4 Å². The number of hydrogen-bond acceptors (Lipinski definition) is 2. The molecule has 0 bridgehead atoms. The number of hydrogen-bond donors (Lipinski definition) is 1. The molecule has 1 aliphatic heterocycles. The molecule has 1 heterocycles. The monoisotopic (exact) mass is 244 g/mol. The first-order valence-corrected chi connectivity index (χ1v) is 7.07. The summed E-state index contributed by atoms with van der Waals surface area (Å²) in [6.07, 6.45) is 7.29. The van der Waals surface area contributed by atoms with Gasteiger partial charge >= 0.3 is 0 Å². The van der Waals surface area contributed by atoms with E-state index in [1.54, 1.807) is 0 Å². The van der Waals surface area contributed by atoms with E-state index in [0.717, 1.165) is 13.1 Å². The molecule has 0 amide bonds. The molecule has 0 atom stereocenters. The molecule has 2 rings (SSSR count). The fourth-order valence-electron chi connectivity index (χ4n) is 2.49. The predicted octanol–water partition coefficient (Wildman–Crippen LogP) is 2.90. The zero-order chi connectivity index (χ0) is 12.6. The SMILES string of the molecule is NCCCCCN1CC=C(c2ccccc2)CC1. The largest absolute Gasteiger partial charge is 0.330 e. The molecule has 0 aromatic heterocycles. The Hall–Kier alpha value is -1.12. The molecule has 0 saturated carbocycles. The van der Waals surface area contributed by atoms with Crippen LogP contribution < -0.4 is 5.73 Å². The van der Waals surface area contributed by atoms with E-state index in [1.807, 2.05) is 0 Å². The molecule has 1 aromatic rings. The van der Waals surface area contributed by atoms with Gasteiger partial charge in [-0.1, -0.05) is 42.8 Å². The summed E-state index contributed by atoms with van der Waals surface area (Å²) >= 11 is 0.